The van der Waals surface area contributed by atoms with E-state index in [0.717, 1.165) is 36.8 Å². The molecule has 26 heavy (non-hydrogen) atoms. The molecule has 5 heteroatoms. The molecule has 0 aliphatic carbocycles. The van der Waals surface area contributed by atoms with Gasteiger partial charge >= 0.3 is 0 Å². The molecule has 1 aliphatic rings. The van der Waals surface area contributed by atoms with Crippen molar-refractivity contribution in [3.8, 4) is 11.5 Å². The smallest absolute Gasteiger partial charge is 0.161 e. The number of hydrogen-bond acceptors (Lipinski definition) is 3. The highest BCUT2D eigenvalue weighted by molar-refractivity contribution is 6.31. The zero-order chi connectivity index (χ0) is 18.2. The maximum absolute atomic E-state index is 6.20. The molecular formula is C21H27ClNO3+. The SMILES string of the molecule is CCOc1cc(C[NH2+]C[C@H]2CCCO2)ccc1OCc1ccccc1Cl. The summed E-state index contributed by atoms with van der Waals surface area (Å²) in [6.07, 6.45) is 2.76. The van der Waals surface area contributed by atoms with Gasteiger partial charge in [-0.2, -0.15) is 0 Å². The van der Waals surface area contributed by atoms with Crippen molar-refractivity contribution in [2.24, 2.45) is 0 Å². The molecule has 0 amide bonds. The van der Waals surface area contributed by atoms with E-state index in [9.17, 15) is 0 Å². The lowest BCUT2D eigenvalue weighted by atomic mass is 10.2. The summed E-state index contributed by atoms with van der Waals surface area (Å²) in [6, 6.07) is 13.9. The normalized spacial score (nSPS) is 16.6. The van der Waals surface area contributed by atoms with E-state index in [2.05, 4.69) is 17.4 Å². The molecule has 0 unspecified atom stereocenters. The van der Waals surface area contributed by atoms with E-state index in [1.807, 2.05) is 37.3 Å². The topological polar surface area (TPSA) is 44.3 Å². The first-order valence-electron chi connectivity index (χ1n) is 9.31. The van der Waals surface area contributed by atoms with Gasteiger partial charge in [0.1, 0.15) is 25.8 Å². The minimum atomic E-state index is 0.402. The predicted octanol–water partition coefficient (Wildman–Crippen LogP) is 3.56. The Morgan fingerprint density at radius 2 is 2.04 bits per heavy atom. The van der Waals surface area contributed by atoms with Crippen LogP contribution in [0.5, 0.6) is 11.5 Å². The van der Waals surface area contributed by atoms with E-state index in [1.54, 1.807) is 0 Å². The van der Waals surface area contributed by atoms with Crippen molar-refractivity contribution in [3.05, 3.63) is 58.6 Å². The summed E-state index contributed by atoms with van der Waals surface area (Å²) in [4.78, 5) is 0. The van der Waals surface area contributed by atoms with Crippen LogP contribution in [0.2, 0.25) is 5.02 Å². The van der Waals surface area contributed by atoms with Gasteiger partial charge in [-0.05, 0) is 44.0 Å². The van der Waals surface area contributed by atoms with Crippen LogP contribution in [0.4, 0.5) is 0 Å². The number of quaternary nitrogens is 1. The van der Waals surface area contributed by atoms with Gasteiger partial charge in [-0.15, -0.1) is 0 Å². The summed E-state index contributed by atoms with van der Waals surface area (Å²) < 4.78 is 17.4. The van der Waals surface area contributed by atoms with Gasteiger partial charge in [0.05, 0.1) is 6.61 Å². The number of ether oxygens (including phenoxy) is 3. The van der Waals surface area contributed by atoms with E-state index in [4.69, 9.17) is 25.8 Å². The highest BCUT2D eigenvalue weighted by Crippen LogP contribution is 2.29. The van der Waals surface area contributed by atoms with Crippen LogP contribution in [0.25, 0.3) is 0 Å². The van der Waals surface area contributed by atoms with Crippen LogP contribution in [-0.2, 0) is 17.9 Å². The van der Waals surface area contributed by atoms with Crippen molar-refractivity contribution >= 4 is 11.6 Å². The molecule has 4 nitrogen and oxygen atoms in total. The first kappa shape index (κ1) is 19.0. The first-order valence-corrected chi connectivity index (χ1v) is 9.69. The van der Waals surface area contributed by atoms with Crippen molar-refractivity contribution in [2.75, 3.05) is 19.8 Å². The lowest BCUT2D eigenvalue weighted by Crippen LogP contribution is -2.84. The molecule has 0 aromatic heterocycles. The van der Waals surface area contributed by atoms with Crippen molar-refractivity contribution in [1.29, 1.82) is 0 Å². The second-order valence-electron chi connectivity index (χ2n) is 6.46. The predicted molar refractivity (Wildman–Crippen MR) is 103 cm³/mol. The molecule has 2 aromatic carbocycles. The first-order chi connectivity index (χ1) is 12.8. The average Bonchev–Trinajstić information content (AvgIpc) is 3.16. The van der Waals surface area contributed by atoms with Crippen molar-refractivity contribution in [3.63, 3.8) is 0 Å². The van der Waals surface area contributed by atoms with Gasteiger partial charge in [-0.3, -0.25) is 0 Å². The van der Waals surface area contributed by atoms with Gasteiger partial charge in [-0.1, -0.05) is 29.8 Å². The standard InChI is InChI=1S/C21H26ClNO3/c1-2-24-21-12-16(13-23-14-18-7-5-11-25-18)9-10-20(21)26-15-17-6-3-4-8-19(17)22/h3-4,6,8-10,12,18,23H,2,5,7,11,13-15H2,1H3/p+1/t18-/m1/s1. The second-order valence-corrected chi connectivity index (χ2v) is 6.86. The number of hydrogen-bond donors (Lipinski definition) is 1. The Morgan fingerprint density at radius 3 is 2.81 bits per heavy atom. The van der Waals surface area contributed by atoms with E-state index in [0.29, 0.717) is 24.3 Å². The van der Waals surface area contributed by atoms with Crippen LogP contribution in [-0.4, -0.2) is 25.9 Å². The fraction of sp³-hybridized carbons (Fsp3) is 0.429. The fourth-order valence-corrected chi connectivity index (χ4v) is 3.29. The van der Waals surface area contributed by atoms with Crippen LogP contribution >= 0.6 is 11.6 Å². The third kappa shape index (κ3) is 5.37. The van der Waals surface area contributed by atoms with Crippen LogP contribution in [0.3, 0.4) is 0 Å². The molecule has 0 bridgehead atoms. The van der Waals surface area contributed by atoms with E-state index in [-0.39, 0.29) is 0 Å². The molecule has 2 aromatic rings. The molecule has 3 rings (SSSR count). The quantitative estimate of drug-likeness (QED) is 0.727. The molecule has 0 spiro atoms. The van der Waals surface area contributed by atoms with Gasteiger partial charge in [0.2, 0.25) is 0 Å². The summed E-state index contributed by atoms with van der Waals surface area (Å²) >= 11 is 6.20. The second kappa shape index (κ2) is 9.81. The summed E-state index contributed by atoms with van der Waals surface area (Å²) in [5.74, 6) is 1.53. The van der Waals surface area contributed by atoms with E-state index >= 15 is 0 Å². The molecule has 2 N–H and O–H groups in total. The Kier molecular flexibility index (Phi) is 7.18. The monoisotopic (exact) mass is 376 g/mol. The lowest BCUT2D eigenvalue weighted by Gasteiger charge is -2.14. The summed E-state index contributed by atoms with van der Waals surface area (Å²) in [6.45, 7) is 5.83. The summed E-state index contributed by atoms with van der Waals surface area (Å²) in [5.41, 5.74) is 2.18. The van der Waals surface area contributed by atoms with Crippen molar-refractivity contribution in [2.45, 2.75) is 39.0 Å². The van der Waals surface area contributed by atoms with Crippen LogP contribution in [0.15, 0.2) is 42.5 Å². The zero-order valence-electron chi connectivity index (χ0n) is 15.2. The number of halogens is 1. The Morgan fingerprint density at radius 1 is 1.15 bits per heavy atom. The van der Waals surface area contributed by atoms with Gasteiger partial charge < -0.3 is 19.5 Å². The number of nitrogens with two attached hydrogens (primary N) is 1. The Labute approximate surface area is 160 Å². The minimum absolute atomic E-state index is 0.402. The highest BCUT2D eigenvalue weighted by Gasteiger charge is 2.17. The molecule has 1 heterocycles. The Hall–Kier alpha value is -1.75. The fourth-order valence-electron chi connectivity index (χ4n) is 3.10. The molecule has 1 atom stereocenters. The molecule has 140 valence electrons. The molecule has 0 saturated carbocycles. The number of rotatable bonds is 9. The molecule has 1 fully saturated rings. The number of benzene rings is 2. The van der Waals surface area contributed by atoms with Gasteiger partial charge in [-0.25, -0.2) is 0 Å². The zero-order valence-corrected chi connectivity index (χ0v) is 16.0. The van der Waals surface area contributed by atoms with Crippen LogP contribution in [0.1, 0.15) is 30.9 Å². The van der Waals surface area contributed by atoms with Crippen molar-refractivity contribution < 1.29 is 19.5 Å². The largest absolute Gasteiger partial charge is 0.490 e. The summed E-state index contributed by atoms with van der Waals surface area (Å²) in [7, 11) is 0. The average molecular weight is 377 g/mol. The minimum Gasteiger partial charge on any atom is -0.490 e. The van der Waals surface area contributed by atoms with Gasteiger partial charge in [0.25, 0.3) is 0 Å². The van der Waals surface area contributed by atoms with Crippen molar-refractivity contribution in [1.82, 2.24) is 0 Å². The third-order valence-electron chi connectivity index (χ3n) is 4.48. The maximum Gasteiger partial charge on any atom is 0.161 e. The van der Waals surface area contributed by atoms with Gasteiger partial charge in [0, 0.05) is 22.8 Å². The molecule has 1 saturated heterocycles. The third-order valence-corrected chi connectivity index (χ3v) is 4.85. The van der Waals surface area contributed by atoms with E-state index < -0.39 is 0 Å². The highest BCUT2D eigenvalue weighted by atomic mass is 35.5. The lowest BCUT2D eigenvalue weighted by molar-refractivity contribution is -0.676. The summed E-state index contributed by atoms with van der Waals surface area (Å²) in [5, 5.41) is 3.01. The molecule has 1 aliphatic heterocycles. The van der Waals surface area contributed by atoms with E-state index in [1.165, 1.54) is 18.4 Å². The molecule has 0 radical (unpaired) electrons. The van der Waals surface area contributed by atoms with Gasteiger partial charge in [0.15, 0.2) is 11.5 Å². The maximum atomic E-state index is 6.20. The van der Waals surface area contributed by atoms with Crippen LogP contribution in [0, 0.1) is 0 Å². The van der Waals surface area contributed by atoms with Crippen LogP contribution < -0.4 is 14.8 Å². The molecular weight excluding hydrogens is 350 g/mol. The Balaban J connectivity index is 1.59. The Bertz CT molecular complexity index is 701.